The molecule has 0 N–H and O–H groups in total. The summed E-state index contributed by atoms with van der Waals surface area (Å²) < 4.78 is 5.09. The van der Waals surface area contributed by atoms with Gasteiger partial charge in [0.05, 0.1) is 18.6 Å². The van der Waals surface area contributed by atoms with Crippen molar-refractivity contribution in [2.75, 3.05) is 33.3 Å². The first-order valence-corrected chi connectivity index (χ1v) is 11.7. The van der Waals surface area contributed by atoms with Crippen LogP contribution in [-0.2, 0) is 11.2 Å². The Balaban J connectivity index is 1.52. The number of rotatable bonds is 6. The lowest BCUT2D eigenvalue weighted by Gasteiger charge is -2.23. The normalized spacial score (nSPS) is 16.7. The van der Waals surface area contributed by atoms with Gasteiger partial charge in [-0.25, -0.2) is 4.98 Å². The van der Waals surface area contributed by atoms with E-state index in [1.165, 1.54) is 16.6 Å². The van der Waals surface area contributed by atoms with Gasteiger partial charge in [0.25, 0.3) is 5.91 Å². The van der Waals surface area contributed by atoms with Crippen LogP contribution < -0.4 is 4.74 Å². The SMILES string of the molecule is CCN1CCN(C(=O)c2ccc(OC)nc2)C[C@H](Cc2ccc(-c3cccs3)cc2)C1=O. The molecule has 0 bridgehead atoms. The number of carbonyl (C=O) groups excluding carboxylic acids is 2. The monoisotopic (exact) mass is 449 g/mol. The van der Waals surface area contributed by atoms with Crippen LogP contribution in [0, 0.1) is 5.92 Å². The van der Waals surface area contributed by atoms with E-state index in [1.807, 2.05) is 17.9 Å². The van der Waals surface area contributed by atoms with Crippen LogP contribution in [0.25, 0.3) is 10.4 Å². The van der Waals surface area contributed by atoms with Gasteiger partial charge in [0.1, 0.15) is 0 Å². The molecule has 0 saturated carbocycles. The number of benzene rings is 1. The summed E-state index contributed by atoms with van der Waals surface area (Å²) >= 11 is 1.71. The average Bonchev–Trinajstić information content (AvgIpc) is 3.33. The second-order valence-electron chi connectivity index (χ2n) is 7.83. The van der Waals surface area contributed by atoms with Crippen molar-refractivity contribution in [3.8, 4) is 16.3 Å². The first-order valence-electron chi connectivity index (χ1n) is 10.8. The van der Waals surface area contributed by atoms with E-state index in [0.29, 0.717) is 44.0 Å². The summed E-state index contributed by atoms with van der Waals surface area (Å²) in [4.78, 5) is 35.3. The summed E-state index contributed by atoms with van der Waals surface area (Å²) in [6.07, 6.45) is 2.13. The highest BCUT2D eigenvalue weighted by Crippen LogP contribution is 2.26. The number of nitrogens with zero attached hydrogens (tertiary/aromatic N) is 3. The number of aromatic nitrogens is 1. The minimum Gasteiger partial charge on any atom is -0.481 e. The zero-order chi connectivity index (χ0) is 22.5. The predicted molar refractivity (Wildman–Crippen MR) is 126 cm³/mol. The first-order chi connectivity index (χ1) is 15.6. The van der Waals surface area contributed by atoms with Crippen molar-refractivity contribution in [1.82, 2.24) is 14.8 Å². The number of carbonyl (C=O) groups is 2. The number of pyridine rings is 1. The van der Waals surface area contributed by atoms with E-state index < -0.39 is 0 Å². The van der Waals surface area contributed by atoms with Gasteiger partial charge in [0, 0.05) is 43.3 Å². The number of ether oxygens (including phenoxy) is 1. The second kappa shape index (κ2) is 9.96. The van der Waals surface area contributed by atoms with Crippen LogP contribution in [0.15, 0.2) is 60.1 Å². The van der Waals surface area contributed by atoms with Crippen LogP contribution in [0.1, 0.15) is 22.8 Å². The summed E-state index contributed by atoms with van der Waals surface area (Å²) in [5.74, 6) is 0.191. The van der Waals surface area contributed by atoms with Crippen molar-refractivity contribution < 1.29 is 14.3 Å². The second-order valence-corrected chi connectivity index (χ2v) is 8.78. The fraction of sp³-hybridized carbons (Fsp3) is 0.320. The lowest BCUT2D eigenvalue weighted by atomic mass is 9.96. The third-order valence-corrected chi connectivity index (χ3v) is 6.76. The van der Waals surface area contributed by atoms with Gasteiger partial charge in [-0.15, -0.1) is 11.3 Å². The van der Waals surface area contributed by atoms with Gasteiger partial charge in [-0.1, -0.05) is 30.3 Å². The summed E-state index contributed by atoms with van der Waals surface area (Å²) in [5, 5.41) is 2.07. The van der Waals surface area contributed by atoms with Gasteiger partial charge in [-0.05, 0) is 42.0 Å². The Morgan fingerprint density at radius 2 is 1.97 bits per heavy atom. The van der Waals surface area contributed by atoms with E-state index in [1.54, 1.807) is 35.5 Å². The summed E-state index contributed by atoms with van der Waals surface area (Å²) in [6.45, 7) is 4.07. The molecular weight excluding hydrogens is 422 g/mol. The molecule has 0 unspecified atom stereocenters. The van der Waals surface area contributed by atoms with Gasteiger partial charge in [-0.2, -0.15) is 0 Å². The maximum atomic E-state index is 13.2. The molecule has 0 spiro atoms. The maximum absolute atomic E-state index is 13.2. The van der Waals surface area contributed by atoms with Gasteiger partial charge in [-0.3, -0.25) is 9.59 Å². The molecule has 166 valence electrons. The van der Waals surface area contributed by atoms with Gasteiger partial charge < -0.3 is 14.5 Å². The Hall–Kier alpha value is -3.19. The lowest BCUT2D eigenvalue weighted by molar-refractivity contribution is -0.134. The number of amides is 2. The van der Waals surface area contributed by atoms with Crippen molar-refractivity contribution >= 4 is 23.2 Å². The first kappa shape index (κ1) is 22.0. The molecule has 1 saturated heterocycles. The molecule has 0 aliphatic carbocycles. The highest BCUT2D eigenvalue weighted by molar-refractivity contribution is 7.13. The Kier molecular flexibility index (Phi) is 6.85. The molecule has 1 atom stereocenters. The number of likely N-dealkylation sites (N-methyl/N-ethyl adjacent to an activating group) is 1. The molecule has 4 rings (SSSR count). The standard InChI is InChI=1S/C25H27N3O3S/c1-3-27-12-13-28(24(29)20-10-11-23(31-2)26-16-20)17-21(25(27)30)15-18-6-8-19(9-7-18)22-5-4-14-32-22/h4-11,14,16,21H,3,12-13,15,17H2,1-2H3/t21-/m0/s1. The molecule has 3 aromatic rings. The van der Waals surface area contributed by atoms with E-state index in [0.717, 1.165) is 5.56 Å². The van der Waals surface area contributed by atoms with E-state index in [9.17, 15) is 9.59 Å². The Morgan fingerprint density at radius 3 is 2.59 bits per heavy atom. The maximum Gasteiger partial charge on any atom is 0.255 e. The van der Waals surface area contributed by atoms with Crippen molar-refractivity contribution in [2.45, 2.75) is 13.3 Å². The van der Waals surface area contributed by atoms with Crippen molar-refractivity contribution in [3.05, 3.63) is 71.2 Å². The predicted octanol–water partition coefficient (Wildman–Crippen LogP) is 3.98. The summed E-state index contributed by atoms with van der Waals surface area (Å²) in [5.41, 5.74) is 2.78. The highest BCUT2D eigenvalue weighted by Gasteiger charge is 2.32. The van der Waals surface area contributed by atoms with Gasteiger partial charge in [0.2, 0.25) is 11.8 Å². The number of methoxy groups -OCH3 is 1. The minimum absolute atomic E-state index is 0.107. The van der Waals surface area contributed by atoms with E-state index in [4.69, 9.17) is 4.74 Å². The minimum atomic E-state index is -0.278. The molecule has 2 aromatic heterocycles. The topological polar surface area (TPSA) is 62.7 Å². The fourth-order valence-electron chi connectivity index (χ4n) is 4.04. The van der Waals surface area contributed by atoms with Crippen LogP contribution >= 0.6 is 11.3 Å². The van der Waals surface area contributed by atoms with Crippen molar-refractivity contribution in [2.24, 2.45) is 5.92 Å². The summed E-state index contributed by atoms with van der Waals surface area (Å²) in [7, 11) is 1.54. The van der Waals surface area contributed by atoms with E-state index >= 15 is 0 Å². The fourth-order valence-corrected chi connectivity index (χ4v) is 4.77. The van der Waals surface area contributed by atoms with Gasteiger partial charge >= 0.3 is 0 Å². The Labute approximate surface area is 192 Å². The molecule has 6 nitrogen and oxygen atoms in total. The molecule has 2 amide bonds. The third kappa shape index (κ3) is 4.83. The molecule has 32 heavy (non-hydrogen) atoms. The molecule has 1 aromatic carbocycles. The smallest absolute Gasteiger partial charge is 0.255 e. The Morgan fingerprint density at radius 1 is 1.16 bits per heavy atom. The van der Waals surface area contributed by atoms with Crippen LogP contribution in [0.3, 0.4) is 0 Å². The van der Waals surface area contributed by atoms with Crippen LogP contribution in [-0.4, -0.2) is 59.9 Å². The van der Waals surface area contributed by atoms with Crippen LogP contribution in [0.5, 0.6) is 5.88 Å². The van der Waals surface area contributed by atoms with E-state index in [2.05, 4.69) is 40.7 Å². The molecular formula is C25H27N3O3S. The lowest BCUT2D eigenvalue weighted by Crippen LogP contribution is -2.37. The quantitative estimate of drug-likeness (QED) is 0.571. The van der Waals surface area contributed by atoms with Gasteiger partial charge in [0.15, 0.2) is 0 Å². The molecule has 1 aliphatic heterocycles. The van der Waals surface area contributed by atoms with Crippen molar-refractivity contribution in [1.29, 1.82) is 0 Å². The molecule has 3 heterocycles. The Bertz CT molecular complexity index is 1050. The summed E-state index contributed by atoms with van der Waals surface area (Å²) in [6, 6.07) is 15.9. The molecule has 1 aliphatic rings. The van der Waals surface area contributed by atoms with Crippen LogP contribution in [0.4, 0.5) is 0 Å². The average molecular weight is 450 g/mol. The number of hydrogen-bond donors (Lipinski definition) is 0. The van der Waals surface area contributed by atoms with Crippen molar-refractivity contribution in [3.63, 3.8) is 0 Å². The molecule has 7 heteroatoms. The largest absolute Gasteiger partial charge is 0.481 e. The van der Waals surface area contributed by atoms with E-state index in [-0.39, 0.29) is 17.7 Å². The van der Waals surface area contributed by atoms with Crippen LogP contribution in [0.2, 0.25) is 0 Å². The molecule has 1 fully saturated rings. The number of thiophene rings is 1. The molecule has 0 radical (unpaired) electrons. The third-order valence-electron chi connectivity index (χ3n) is 5.84. The zero-order valence-corrected chi connectivity index (χ0v) is 19.2. The zero-order valence-electron chi connectivity index (χ0n) is 18.4. The highest BCUT2D eigenvalue weighted by atomic mass is 32.1. The number of hydrogen-bond acceptors (Lipinski definition) is 5.